The van der Waals surface area contributed by atoms with Crippen molar-refractivity contribution in [2.24, 2.45) is 0 Å². The normalized spacial score (nSPS) is 11.4. The van der Waals surface area contributed by atoms with E-state index in [1.165, 1.54) is 0 Å². The van der Waals surface area contributed by atoms with Gasteiger partial charge in [0.05, 0.1) is 10.0 Å². The molecule has 0 atom stereocenters. The summed E-state index contributed by atoms with van der Waals surface area (Å²) in [7, 11) is 0. The molecule has 3 nitrogen and oxygen atoms in total. The van der Waals surface area contributed by atoms with E-state index in [1.54, 1.807) is 12.1 Å². The van der Waals surface area contributed by atoms with Gasteiger partial charge in [-0.25, -0.2) is 0 Å². The standard InChI is InChI=1S/C13H15Cl3N3/c1-7(2)18-8(3)17-9(4)19(18)13-11(15)5-10(14)6-12(13)16/h5-7H,1-4H3/q+1. The predicted molar refractivity (Wildman–Crippen MR) is 78.6 cm³/mol. The molecule has 0 aliphatic rings. The van der Waals surface area contributed by atoms with E-state index in [4.69, 9.17) is 34.8 Å². The molecule has 0 fully saturated rings. The smallest absolute Gasteiger partial charge is 0.146 e. The maximum Gasteiger partial charge on any atom is 0.316 e. The van der Waals surface area contributed by atoms with E-state index >= 15 is 0 Å². The molecule has 0 amide bonds. The van der Waals surface area contributed by atoms with Crippen LogP contribution in [0.3, 0.4) is 0 Å². The van der Waals surface area contributed by atoms with E-state index < -0.39 is 0 Å². The fourth-order valence-electron chi connectivity index (χ4n) is 2.24. The summed E-state index contributed by atoms with van der Waals surface area (Å²) in [4.78, 5) is 4.49. The molecule has 1 aromatic heterocycles. The molecule has 0 saturated heterocycles. The summed E-state index contributed by atoms with van der Waals surface area (Å²) in [6.45, 7) is 8.05. The first-order chi connectivity index (χ1) is 8.82. The number of aryl methyl sites for hydroxylation is 2. The summed E-state index contributed by atoms with van der Waals surface area (Å²) in [5.74, 6) is 1.74. The molecule has 102 valence electrons. The Morgan fingerprint density at radius 1 is 1.11 bits per heavy atom. The highest BCUT2D eigenvalue weighted by Gasteiger charge is 2.26. The van der Waals surface area contributed by atoms with Crippen molar-refractivity contribution in [3.8, 4) is 5.69 Å². The van der Waals surface area contributed by atoms with Crippen molar-refractivity contribution in [3.05, 3.63) is 38.8 Å². The van der Waals surface area contributed by atoms with Crippen LogP contribution < -0.4 is 4.68 Å². The van der Waals surface area contributed by atoms with Crippen molar-refractivity contribution in [1.29, 1.82) is 0 Å². The Morgan fingerprint density at radius 2 is 1.63 bits per heavy atom. The Balaban J connectivity index is 2.79. The average molecular weight is 320 g/mol. The third-order valence-electron chi connectivity index (χ3n) is 2.86. The summed E-state index contributed by atoms with van der Waals surface area (Å²) in [5, 5.41) is 1.53. The lowest BCUT2D eigenvalue weighted by Gasteiger charge is -2.13. The first kappa shape index (κ1) is 14.6. The van der Waals surface area contributed by atoms with Crippen molar-refractivity contribution in [2.45, 2.75) is 33.7 Å². The van der Waals surface area contributed by atoms with Crippen molar-refractivity contribution < 1.29 is 4.68 Å². The molecule has 0 aliphatic carbocycles. The molecule has 0 bridgehead atoms. The van der Waals surface area contributed by atoms with Gasteiger partial charge in [-0.3, -0.25) is 0 Å². The first-order valence-electron chi connectivity index (χ1n) is 5.95. The van der Waals surface area contributed by atoms with Gasteiger partial charge >= 0.3 is 5.82 Å². The van der Waals surface area contributed by atoms with Gasteiger partial charge < -0.3 is 0 Å². The molecule has 1 aromatic carbocycles. The quantitative estimate of drug-likeness (QED) is 0.756. The van der Waals surface area contributed by atoms with Crippen LogP contribution in [-0.4, -0.2) is 9.67 Å². The Labute approximate surface area is 127 Å². The fraction of sp³-hybridized carbons (Fsp3) is 0.385. The van der Waals surface area contributed by atoms with Gasteiger partial charge in [0.2, 0.25) is 0 Å². The third kappa shape index (κ3) is 2.60. The summed E-state index contributed by atoms with van der Waals surface area (Å²) in [5.41, 5.74) is 0.708. The number of halogens is 3. The van der Waals surface area contributed by atoms with Crippen LogP contribution in [-0.2, 0) is 0 Å². The van der Waals surface area contributed by atoms with Gasteiger partial charge in [-0.2, -0.15) is 0 Å². The SMILES string of the molecule is Cc1nc(C)[n+](C(C)C)n1-c1c(Cl)cc(Cl)cc1Cl. The Bertz CT molecular complexity index is 609. The van der Waals surface area contributed by atoms with E-state index in [1.807, 2.05) is 18.5 Å². The monoisotopic (exact) mass is 318 g/mol. The molecule has 0 radical (unpaired) electrons. The summed E-state index contributed by atoms with van der Waals surface area (Å²) >= 11 is 18.5. The van der Waals surface area contributed by atoms with Crippen LogP contribution in [0, 0.1) is 13.8 Å². The van der Waals surface area contributed by atoms with Gasteiger partial charge in [-0.05, 0) is 31.0 Å². The molecule has 2 aromatic rings. The van der Waals surface area contributed by atoms with Gasteiger partial charge in [0.15, 0.2) is 0 Å². The van der Waals surface area contributed by atoms with Crippen LogP contribution in [0.1, 0.15) is 31.5 Å². The molecule has 0 spiro atoms. The molecular weight excluding hydrogens is 305 g/mol. The van der Waals surface area contributed by atoms with Gasteiger partial charge in [0.25, 0.3) is 5.82 Å². The van der Waals surface area contributed by atoms with Gasteiger partial charge in [0, 0.05) is 18.9 Å². The fourth-order valence-corrected chi connectivity index (χ4v) is 3.22. The maximum atomic E-state index is 6.30. The molecule has 0 saturated carbocycles. The minimum absolute atomic E-state index is 0.240. The van der Waals surface area contributed by atoms with Gasteiger partial charge in [-0.15, -0.1) is 9.36 Å². The second kappa shape index (κ2) is 5.31. The van der Waals surface area contributed by atoms with E-state index in [-0.39, 0.29) is 6.04 Å². The molecule has 6 heteroatoms. The number of nitrogens with zero attached hydrogens (tertiary/aromatic N) is 3. The van der Waals surface area contributed by atoms with Crippen LogP contribution in [0.5, 0.6) is 0 Å². The molecule has 19 heavy (non-hydrogen) atoms. The van der Waals surface area contributed by atoms with Crippen LogP contribution in [0.4, 0.5) is 0 Å². The van der Waals surface area contributed by atoms with Crippen molar-refractivity contribution in [3.63, 3.8) is 0 Å². The van der Waals surface area contributed by atoms with Gasteiger partial charge in [0.1, 0.15) is 11.7 Å². The Kier molecular flexibility index (Phi) is 4.09. The Morgan fingerprint density at radius 3 is 2.11 bits per heavy atom. The van der Waals surface area contributed by atoms with Crippen LogP contribution in [0.2, 0.25) is 15.1 Å². The number of hydrogen-bond acceptors (Lipinski definition) is 1. The molecule has 1 heterocycles. The zero-order valence-electron chi connectivity index (χ0n) is 11.2. The van der Waals surface area contributed by atoms with E-state index in [2.05, 4.69) is 23.5 Å². The number of benzene rings is 1. The minimum atomic E-state index is 0.240. The van der Waals surface area contributed by atoms with E-state index in [0.717, 1.165) is 11.6 Å². The van der Waals surface area contributed by atoms with Gasteiger partial charge in [-0.1, -0.05) is 34.8 Å². The number of hydrogen-bond donors (Lipinski definition) is 0. The summed E-state index contributed by atoms with van der Waals surface area (Å²) in [6, 6.07) is 3.61. The second-order valence-corrected chi connectivity index (χ2v) is 5.93. The van der Waals surface area contributed by atoms with Crippen molar-refractivity contribution >= 4 is 34.8 Å². The predicted octanol–water partition coefficient (Wildman–Crippen LogP) is 4.32. The first-order valence-corrected chi connectivity index (χ1v) is 7.09. The molecule has 0 aliphatic heterocycles. The molecule has 0 unspecified atom stereocenters. The lowest BCUT2D eigenvalue weighted by Crippen LogP contribution is -2.47. The molecule has 2 rings (SSSR count). The lowest BCUT2D eigenvalue weighted by atomic mass is 10.3. The topological polar surface area (TPSA) is 21.7 Å². The lowest BCUT2D eigenvalue weighted by molar-refractivity contribution is -0.790. The highest BCUT2D eigenvalue weighted by molar-refractivity contribution is 6.40. The Hall–Kier alpha value is -0.770. The number of rotatable bonds is 2. The summed E-state index contributed by atoms with van der Waals surface area (Å²) < 4.78 is 3.98. The van der Waals surface area contributed by atoms with Crippen LogP contribution in [0.15, 0.2) is 12.1 Å². The zero-order chi connectivity index (χ0) is 14.3. The van der Waals surface area contributed by atoms with E-state index in [0.29, 0.717) is 20.8 Å². The third-order valence-corrected chi connectivity index (χ3v) is 3.65. The van der Waals surface area contributed by atoms with Crippen LogP contribution >= 0.6 is 34.8 Å². The molecule has 0 N–H and O–H groups in total. The summed E-state index contributed by atoms with van der Waals surface area (Å²) in [6.07, 6.45) is 0. The van der Waals surface area contributed by atoms with Crippen molar-refractivity contribution in [2.75, 3.05) is 0 Å². The molecular formula is C13H15Cl3N3+. The zero-order valence-corrected chi connectivity index (χ0v) is 13.5. The van der Waals surface area contributed by atoms with Crippen LogP contribution in [0.25, 0.3) is 5.69 Å². The largest absolute Gasteiger partial charge is 0.316 e. The second-order valence-electron chi connectivity index (χ2n) is 4.67. The highest BCUT2D eigenvalue weighted by Crippen LogP contribution is 2.32. The minimum Gasteiger partial charge on any atom is -0.146 e. The average Bonchev–Trinajstić information content (AvgIpc) is 2.52. The number of aromatic nitrogens is 3. The van der Waals surface area contributed by atoms with E-state index in [9.17, 15) is 0 Å². The highest BCUT2D eigenvalue weighted by atomic mass is 35.5. The van der Waals surface area contributed by atoms with Crippen molar-refractivity contribution in [1.82, 2.24) is 9.67 Å². The maximum absolute atomic E-state index is 6.30.